The van der Waals surface area contributed by atoms with Crippen LogP contribution >= 0.6 is 11.6 Å². The van der Waals surface area contributed by atoms with E-state index in [1.807, 2.05) is 6.07 Å². The van der Waals surface area contributed by atoms with Crippen molar-refractivity contribution in [2.24, 2.45) is 5.10 Å². The fraction of sp³-hybridized carbons (Fsp3) is 0. The fourth-order valence-electron chi connectivity index (χ4n) is 2.44. The van der Waals surface area contributed by atoms with Crippen LogP contribution in [0.1, 0.15) is 21.5 Å². The van der Waals surface area contributed by atoms with Gasteiger partial charge in [-0.1, -0.05) is 23.7 Å². The standard InChI is InChI=1S/C23H15ClN4O4/c24-20-4-2-1-3-19(20)23(31)32-18-11-7-16(8-12-18)14-26-28-22(30)21(29)27-17-9-5-15(13-25)6-10-17/h1-12,14H,(H,27,29)(H,28,30)/b26-14+. The number of ether oxygens (including phenoxy) is 1. The van der Waals surface area contributed by atoms with Crippen molar-refractivity contribution in [3.05, 3.63) is 94.5 Å². The van der Waals surface area contributed by atoms with Gasteiger partial charge in [0.1, 0.15) is 5.75 Å². The lowest BCUT2D eigenvalue weighted by Gasteiger charge is -2.06. The van der Waals surface area contributed by atoms with Gasteiger partial charge in [0.05, 0.1) is 28.4 Å². The second kappa shape index (κ2) is 10.5. The van der Waals surface area contributed by atoms with Crippen molar-refractivity contribution in [2.45, 2.75) is 0 Å². The van der Waals surface area contributed by atoms with E-state index < -0.39 is 17.8 Å². The van der Waals surface area contributed by atoms with Crippen LogP contribution in [0, 0.1) is 11.3 Å². The van der Waals surface area contributed by atoms with Gasteiger partial charge in [-0.25, -0.2) is 10.2 Å². The quantitative estimate of drug-likeness (QED) is 0.204. The highest BCUT2D eigenvalue weighted by atomic mass is 35.5. The van der Waals surface area contributed by atoms with Crippen molar-refractivity contribution >= 4 is 41.3 Å². The summed E-state index contributed by atoms with van der Waals surface area (Å²) >= 11 is 5.98. The van der Waals surface area contributed by atoms with Crippen LogP contribution in [0.15, 0.2) is 77.9 Å². The summed E-state index contributed by atoms with van der Waals surface area (Å²) in [6, 6.07) is 20.9. The molecular weight excluding hydrogens is 432 g/mol. The average Bonchev–Trinajstić information content (AvgIpc) is 2.80. The third-order valence-corrected chi connectivity index (χ3v) is 4.37. The molecule has 0 bridgehead atoms. The topological polar surface area (TPSA) is 121 Å². The van der Waals surface area contributed by atoms with E-state index in [2.05, 4.69) is 15.8 Å². The van der Waals surface area contributed by atoms with Gasteiger partial charge in [-0.15, -0.1) is 0 Å². The van der Waals surface area contributed by atoms with Gasteiger partial charge in [-0.2, -0.15) is 10.4 Å². The second-order valence-corrected chi connectivity index (χ2v) is 6.69. The van der Waals surface area contributed by atoms with Crippen molar-refractivity contribution in [1.82, 2.24) is 5.43 Å². The van der Waals surface area contributed by atoms with Gasteiger partial charge >= 0.3 is 17.8 Å². The summed E-state index contributed by atoms with van der Waals surface area (Å²) in [6.07, 6.45) is 1.33. The number of hydrogen-bond donors (Lipinski definition) is 2. The molecule has 0 aromatic heterocycles. The molecule has 0 aliphatic carbocycles. The molecule has 9 heteroatoms. The Morgan fingerprint density at radius 1 is 0.938 bits per heavy atom. The van der Waals surface area contributed by atoms with Gasteiger partial charge in [0.15, 0.2) is 0 Å². The normalized spacial score (nSPS) is 10.2. The molecule has 0 aliphatic rings. The molecule has 0 saturated heterocycles. The number of nitrogens with one attached hydrogen (secondary N) is 2. The van der Waals surface area contributed by atoms with Crippen molar-refractivity contribution < 1.29 is 19.1 Å². The molecule has 158 valence electrons. The molecule has 8 nitrogen and oxygen atoms in total. The zero-order valence-electron chi connectivity index (χ0n) is 16.4. The first kappa shape index (κ1) is 22.2. The van der Waals surface area contributed by atoms with Crippen LogP contribution in [0.4, 0.5) is 5.69 Å². The molecule has 0 aliphatic heterocycles. The lowest BCUT2D eigenvalue weighted by molar-refractivity contribution is -0.136. The van der Waals surface area contributed by atoms with Crippen LogP contribution in [-0.4, -0.2) is 24.0 Å². The highest BCUT2D eigenvalue weighted by Gasteiger charge is 2.13. The Bertz CT molecular complexity index is 1220. The van der Waals surface area contributed by atoms with Crippen molar-refractivity contribution in [3.63, 3.8) is 0 Å². The van der Waals surface area contributed by atoms with Crippen LogP contribution in [0.3, 0.4) is 0 Å². The molecule has 0 saturated carbocycles. The van der Waals surface area contributed by atoms with E-state index in [1.165, 1.54) is 30.5 Å². The maximum Gasteiger partial charge on any atom is 0.345 e. The smallest absolute Gasteiger partial charge is 0.345 e. The predicted octanol–water partition coefficient (Wildman–Crippen LogP) is 3.52. The molecule has 32 heavy (non-hydrogen) atoms. The summed E-state index contributed by atoms with van der Waals surface area (Å²) in [7, 11) is 0. The SMILES string of the molecule is N#Cc1ccc(NC(=O)C(=O)N/N=C/c2ccc(OC(=O)c3ccccc3Cl)cc2)cc1. The van der Waals surface area contributed by atoms with E-state index in [1.54, 1.807) is 48.5 Å². The zero-order chi connectivity index (χ0) is 22.9. The third kappa shape index (κ3) is 6.01. The van der Waals surface area contributed by atoms with E-state index in [0.717, 1.165) is 0 Å². The van der Waals surface area contributed by atoms with Gasteiger partial charge < -0.3 is 10.1 Å². The van der Waals surface area contributed by atoms with Crippen molar-refractivity contribution in [3.8, 4) is 11.8 Å². The highest BCUT2D eigenvalue weighted by Crippen LogP contribution is 2.19. The minimum absolute atomic E-state index is 0.252. The molecule has 0 fully saturated rings. The van der Waals surface area contributed by atoms with E-state index in [0.29, 0.717) is 27.6 Å². The Balaban J connectivity index is 1.51. The lowest BCUT2D eigenvalue weighted by atomic mass is 10.2. The molecular formula is C23H15ClN4O4. The number of esters is 1. The van der Waals surface area contributed by atoms with Crippen LogP contribution in [0.5, 0.6) is 5.75 Å². The summed E-state index contributed by atoms with van der Waals surface area (Å²) in [4.78, 5) is 35.9. The first-order valence-corrected chi connectivity index (χ1v) is 9.55. The summed E-state index contributed by atoms with van der Waals surface area (Å²) in [6.45, 7) is 0. The van der Waals surface area contributed by atoms with Gasteiger partial charge in [-0.3, -0.25) is 9.59 Å². The minimum atomic E-state index is -0.962. The highest BCUT2D eigenvalue weighted by molar-refractivity contribution is 6.39. The number of hydrogen-bond acceptors (Lipinski definition) is 6. The minimum Gasteiger partial charge on any atom is -0.423 e. The molecule has 3 aromatic rings. The first-order valence-electron chi connectivity index (χ1n) is 9.17. The van der Waals surface area contributed by atoms with Gasteiger partial charge in [0, 0.05) is 5.69 Å². The molecule has 0 spiro atoms. The maximum absolute atomic E-state index is 12.2. The number of nitrogens with zero attached hydrogens (tertiary/aromatic N) is 2. The van der Waals surface area contributed by atoms with Crippen LogP contribution in [0.25, 0.3) is 0 Å². The van der Waals surface area contributed by atoms with Crippen LogP contribution < -0.4 is 15.5 Å². The molecule has 3 rings (SSSR count). The Morgan fingerprint density at radius 2 is 1.62 bits per heavy atom. The number of carbonyl (C=O) groups excluding carboxylic acids is 3. The van der Waals surface area contributed by atoms with Gasteiger partial charge in [-0.05, 0) is 66.2 Å². The van der Waals surface area contributed by atoms with E-state index in [9.17, 15) is 14.4 Å². The predicted molar refractivity (Wildman–Crippen MR) is 118 cm³/mol. The molecule has 2 N–H and O–H groups in total. The Hall–Kier alpha value is -4.48. The van der Waals surface area contributed by atoms with E-state index in [4.69, 9.17) is 21.6 Å². The monoisotopic (exact) mass is 446 g/mol. The molecule has 3 aromatic carbocycles. The molecule has 0 radical (unpaired) electrons. The summed E-state index contributed by atoms with van der Waals surface area (Å²) < 4.78 is 5.27. The number of carbonyl (C=O) groups is 3. The number of nitriles is 1. The Kier molecular flexibility index (Phi) is 7.30. The number of rotatable bonds is 5. The summed E-state index contributed by atoms with van der Waals surface area (Å²) in [5.41, 5.74) is 3.76. The first-order chi connectivity index (χ1) is 15.5. The lowest BCUT2D eigenvalue weighted by Crippen LogP contribution is -2.32. The zero-order valence-corrected chi connectivity index (χ0v) is 17.2. The van der Waals surface area contributed by atoms with Gasteiger partial charge in [0.2, 0.25) is 0 Å². The second-order valence-electron chi connectivity index (χ2n) is 6.28. The number of halogens is 1. The van der Waals surface area contributed by atoms with Gasteiger partial charge in [0.25, 0.3) is 0 Å². The maximum atomic E-state index is 12.2. The van der Waals surface area contributed by atoms with Crippen LogP contribution in [-0.2, 0) is 9.59 Å². The number of benzene rings is 3. The Morgan fingerprint density at radius 3 is 2.28 bits per heavy atom. The third-order valence-electron chi connectivity index (χ3n) is 4.04. The molecule has 2 amide bonds. The number of amides is 2. The largest absolute Gasteiger partial charge is 0.423 e. The molecule has 0 atom stereocenters. The number of anilines is 1. The molecule has 0 heterocycles. The molecule has 0 unspecified atom stereocenters. The van der Waals surface area contributed by atoms with Crippen molar-refractivity contribution in [2.75, 3.05) is 5.32 Å². The Labute approximate surface area is 188 Å². The number of hydrazone groups is 1. The summed E-state index contributed by atoms with van der Waals surface area (Å²) in [5.74, 6) is -2.15. The van der Waals surface area contributed by atoms with Crippen molar-refractivity contribution in [1.29, 1.82) is 5.26 Å². The van der Waals surface area contributed by atoms with E-state index >= 15 is 0 Å². The van der Waals surface area contributed by atoms with E-state index in [-0.39, 0.29) is 5.56 Å². The fourth-order valence-corrected chi connectivity index (χ4v) is 2.66. The average molecular weight is 447 g/mol. The van der Waals surface area contributed by atoms with Crippen LogP contribution in [0.2, 0.25) is 5.02 Å². The summed E-state index contributed by atoms with van der Waals surface area (Å²) in [5, 5.41) is 15.2.